The minimum Gasteiger partial charge on any atom is -0.283 e. The average molecular weight is 411 g/mol. The molecule has 0 saturated carbocycles. The molecule has 2 aromatic heterocycles. The van der Waals surface area contributed by atoms with Crippen molar-refractivity contribution < 1.29 is 0 Å². The van der Waals surface area contributed by atoms with Gasteiger partial charge < -0.3 is 0 Å². The Hall–Kier alpha value is -1.27. The second-order valence-corrected chi connectivity index (χ2v) is 8.51. The van der Waals surface area contributed by atoms with Gasteiger partial charge in [0.05, 0.1) is 5.39 Å². The van der Waals surface area contributed by atoms with Crippen molar-refractivity contribution >= 4 is 56.5 Å². The van der Waals surface area contributed by atoms with Crippen LogP contribution in [0.25, 0.3) is 10.2 Å². The molecule has 0 atom stereocenters. The Bertz CT molecular complexity index is 1000. The number of allylic oxidation sites excluding steroid dienone is 1. The summed E-state index contributed by atoms with van der Waals surface area (Å²) >= 11 is 15.5. The summed E-state index contributed by atoms with van der Waals surface area (Å²) in [5.74, 6) is 0.539. The van der Waals surface area contributed by atoms with Crippen LogP contribution in [0, 0.1) is 13.8 Å². The van der Waals surface area contributed by atoms with Crippen LogP contribution in [0.5, 0.6) is 0 Å². The van der Waals surface area contributed by atoms with Crippen molar-refractivity contribution in [3.63, 3.8) is 0 Å². The van der Waals surface area contributed by atoms with Crippen molar-refractivity contribution in [2.24, 2.45) is 0 Å². The lowest BCUT2D eigenvalue weighted by atomic mass is 10.2. The highest BCUT2D eigenvalue weighted by Crippen LogP contribution is 2.33. The van der Waals surface area contributed by atoms with Gasteiger partial charge in [-0.15, -0.1) is 17.9 Å². The molecule has 0 N–H and O–H groups in total. The zero-order valence-electron chi connectivity index (χ0n) is 13.8. The summed E-state index contributed by atoms with van der Waals surface area (Å²) in [5.41, 5.74) is 1.81. The van der Waals surface area contributed by atoms with Crippen molar-refractivity contribution in [1.82, 2.24) is 9.55 Å². The fraction of sp³-hybridized carbons (Fsp3) is 0.222. The Morgan fingerprint density at radius 3 is 2.64 bits per heavy atom. The van der Waals surface area contributed by atoms with E-state index in [0.717, 1.165) is 20.8 Å². The third-order valence-corrected chi connectivity index (χ3v) is 6.79. The maximum atomic E-state index is 12.9. The van der Waals surface area contributed by atoms with Gasteiger partial charge in [-0.2, -0.15) is 0 Å². The van der Waals surface area contributed by atoms with Crippen molar-refractivity contribution in [2.75, 3.05) is 0 Å². The molecule has 0 aliphatic heterocycles. The molecule has 130 valence electrons. The van der Waals surface area contributed by atoms with Crippen LogP contribution in [0.2, 0.25) is 10.0 Å². The molecule has 7 heteroatoms. The molecule has 2 heterocycles. The lowest BCUT2D eigenvalue weighted by Crippen LogP contribution is -2.22. The van der Waals surface area contributed by atoms with Crippen LogP contribution < -0.4 is 5.56 Å². The van der Waals surface area contributed by atoms with Gasteiger partial charge in [-0.1, -0.05) is 47.1 Å². The van der Waals surface area contributed by atoms with Crippen molar-refractivity contribution in [3.05, 3.63) is 67.3 Å². The first-order valence-corrected chi connectivity index (χ1v) is 10.2. The minimum atomic E-state index is -0.0282. The van der Waals surface area contributed by atoms with E-state index < -0.39 is 0 Å². The van der Waals surface area contributed by atoms with Crippen molar-refractivity contribution in [2.45, 2.75) is 31.3 Å². The van der Waals surface area contributed by atoms with Gasteiger partial charge in [-0.3, -0.25) is 9.36 Å². The highest BCUT2D eigenvalue weighted by molar-refractivity contribution is 7.98. The van der Waals surface area contributed by atoms with Gasteiger partial charge >= 0.3 is 0 Å². The van der Waals surface area contributed by atoms with Crippen LogP contribution in [0.3, 0.4) is 0 Å². The van der Waals surface area contributed by atoms with Crippen LogP contribution in [-0.2, 0) is 12.3 Å². The lowest BCUT2D eigenvalue weighted by Gasteiger charge is -2.11. The maximum Gasteiger partial charge on any atom is 0.263 e. The largest absolute Gasteiger partial charge is 0.283 e. The number of aromatic nitrogens is 2. The van der Waals surface area contributed by atoms with E-state index in [2.05, 4.69) is 6.58 Å². The second-order valence-electron chi connectivity index (χ2n) is 5.55. The molecule has 0 aliphatic carbocycles. The molecule has 0 unspecified atom stereocenters. The van der Waals surface area contributed by atoms with Crippen molar-refractivity contribution in [3.8, 4) is 0 Å². The number of nitrogens with zero attached hydrogens (tertiary/aromatic N) is 2. The fourth-order valence-corrected chi connectivity index (χ4v) is 5.34. The highest BCUT2D eigenvalue weighted by Gasteiger charge is 2.17. The van der Waals surface area contributed by atoms with E-state index in [1.54, 1.807) is 22.0 Å². The predicted octanol–water partition coefficient (Wildman–Crippen LogP) is 5.86. The minimum absolute atomic E-state index is 0.0282. The number of thioether (sulfide) groups is 1. The molecular weight excluding hydrogens is 395 g/mol. The lowest BCUT2D eigenvalue weighted by molar-refractivity contribution is 0.672. The molecule has 3 rings (SSSR count). The summed E-state index contributed by atoms with van der Waals surface area (Å²) in [5, 5.41) is 2.57. The van der Waals surface area contributed by atoms with Gasteiger partial charge in [-0.05, 0) is 37.1 Å². The first-order valence-electron chi connectivity index (χ1n) is 7.61. The van der Waals surface area contributed by atoms with E-state index in [1.165, 1.54) is 11.8 Å². The van der Waals surface area contributed by atoms with Crippen LogP contribution in [0.15, 0.2) is 40.8 Å². The van der Waals surface area contributed by atoms with Crippen LogP contribution in [0.1, 0.15) is 16.0 Å². The van der Waals surface area contributed by atoms with E-state index >= 15 is 0 Å². The molecule has 0 saturated heterocycles. The monoisotopic (exact) mass is 410 g/mol. The van der Waals surface area contributed by atoms with Gasteiger partial charge in [0.2, 0.25) is 0 Å². The summed E-state index contributed by atoms with van der Waals surface area (Å²) in [6.45, 7) is 8.14. The molecule has 0 radical (unpaired) electrons. The van der Waals surface area contributed by atoms with Crippen LogP contribution in [0.4, 0.5) is 0 Å². The molecule has 0 bridgehead atoms. The number of benzene rings is 1. The molecule has 0 aliphatic rings. The smallest absolute Gasteiger partial charge is 0.263 e. The third kappa shape index (κ3) is 3.51. The predicted molar refractivity (Wildman–Crippen MR) is 110 cm³/mol. The van der Waals surface area contributed by atoms with E-state index in [-0.39, 0.29) is 5.56 Å². The number of rotatable bonds is 5. The van der Waals surface area contributed by atoms with Gasteiger partial charge in [0, 0.05) is 27.2 Å². The first kappa shape index (κ1) is 18.5. The van der Waals surface area contributed by atoms with Crippen LogP contribution >= 0.6 is 46.3 Å². The molecular formula is C18H16Cl2N2OS2. The molecule has 1 aromatic carbocycles. The number of aryl methyl sites for hydroxylation is 2. The first-order chi connectivity index (χ1) is 11.9. The molecule has 3 aromatic rings. The SMILES string of the molecule is C=CCn1c(SCc2c(Cl)cccc2Cl)nc2sc(C)c(C)c2c1=O. The summed E-state index contributed by atoms with van der Waals surface area (Å²) in [6, 6.07) is 5.43. The Morgan fingerprint density at radius 2 is 2.00 bits per heavy atom. The quantitative estimate of drug-likeness (QED) is 0.300. The molecule has 3 nitrogen and oxygen atoms in total. The van der Waals surface area contributed by atoms with E-state index in [9.17, 15) is 4.79 Å². The number of thiophene rings is 1. The molecule has 0 spiro atoms. The third-order valence-electron chi connectivity index (χ3n) is 3.97. The molecule has 25 heavy (non-hydrogen) atoms. The number of hydrogen-bond acceptors (Lipinski definition) is 4. The Morgan fingerprint density at radius 1 is 1.32 bits per heavy atom. The van der Waals surface area contributed by atoms with E-state index in [0.29, 0.717) is 32.9 Å². The topological polar surface area (TPSA) is 34.9 Å². The average Bonchev–Trinajstić information content (AvgIpc) is 2.85. The Labute approximate surface area is 164 Å². The molecule has 0 amide bonds. The highest BCUT2D eigenvalue weighted by atomic mass is 35.5. The van der Waals surface area contributed by atoms with Gasteiger partial charge in [0.15, 0.2) is 5.16 Å². The number of fused-ring (bicyclic) bond motifs is 1. The van der Waals surface area contributed by atoms with E-state index in [4.69, 9.17) is 28.2 Å². The van der Waals surface area contributed by atoms with Gasteiger partial charge in [-0.25, -0.2) is 4.98 Å². The number of halogens is 2. The Balaban J connectivity index is 2.07. The van der Waals surface area contributed by atoms with E-state index in [1.807, 2.05) is 32.0 Å². The summed E-state index contributed by atoms with van der Waals surface area (Å²) in [4.78, 5) is 19.5. The zero-order chi connectivity index (χ0) is 18.1. The standard InChI is InChI=1S/C18H16Cl2N2OS2/c1-4-8-22-17(23)15-10(2)11(3)25-16(15)21-18(22)24-9-12-13(19)6-5-7-14(12)20/h4-7H,1,8-9H2,2-3H3. The zero-order valence-corrected chi connectivity index (χ0v) is 17.0. The Kier molecular flexibility index (Phi) is 5.58. The van der Waals surface area contributed by atoms with Gasteiger partial charge in [0.1, 0.15) is 4.83 Å². The van der Waals surface area contributed by atoms with Crippen molar-refractivity contribution in [1.29, 1.82) is 0 Å². The normalized spacial score (nSPS) is 11.2. The van der Waals surface area contributed by atoms with Gasteiger partial charge in [0.25, 0.3) is 5.56 Å². The molecule has 0 fully saturated rings. The summed E-state index contributed by atoms with van der Waals surface area (Å²) in [6.07, 6.45) is 1.70. The second kappa shape index (κ2) is 7.54. The van der Waals surface area contributed by atoms with Crippen LogP contribution in [-0.4, -0.2) is 9.55 Å². The summed E-state index contributed by atoms with van der Waals surface area (Å²) < 4.78 is 1.66. The maximum absolute atomic E-state index is 12.9. The number of hydrogen-bond donors (Lipinski definition) is 0. The fourth-order valence-electron chi connectivity index (χ4n) is 2.52. The summed E-state index contributed by atoms with van der Waals surface area (Å²) in [7, 11) is 0.